The Balaban J connectivity index is 5.23. The lowest BCUT2D eigenvalue weighted by Crippen LogP contribution is -2.41. The van der Waals surface area contributed by atoms with Crippen molar-refractivity contribution >= 4 is 23.6 Å². The SMILES string of the molecule is CCCCCCCCCCCCCNC(=O)CCN(CCC(=O)NCCCCCCCCCCCCC)CCN(CCC(=O)NCCCCCCCCCCCCC)CCC(=O)NCCCCCCCCCCCCC. The number of unbranched alkanes of at least 4 members (excludes halogenated alkanes) is 40. The van der Waals surface area contributed by atoms with Crippen LogP contribution in [0.4, 0.5) is 0 Å². The van der Waals surface area contributed by atoms with Crippen molar-refractivity contribution in [2.75, 3.05) is 65.4 Å². The molecular weight excluding hydrogens is 941 g/mol. The molecule has 0 aromatic rings. The summed E-state index contributed by atoms with van der Waals surface area (Å²) < 4.78 is 0. The molecule has 0 aliphatic carbocycles. The number of amides is 4. The maximum absolute atomic E-state index is 13.1. The average Bonchev–Trinajstić information content (AvgIpc) is 3.42. The third-order valence-electron chi connectivity index (χ3n) is 15.8. The topological polar surface area (TPSA) is 123 Å². The largest absolute Gasteiger partial charge is 0.356 e. The van der Waals surface area contributed by atoms with Crippen LogP contribution in [0.2, 0.25) is 0 Å². The molecule has 4 N–H and O–H groups in total. The molecule has 0 aromatic heterocycles. The zero-order chi connectivity index (χ0) is 55.3. The molecular formula is C66H132N6O4. The molecule has 0 rings (SSSR count). The normalized spacial score (nSPS) is 11.5. The van der Waals surface area contributed by atoms with Gasteiger partial charge in [-0.1, -0.05) is 285 Å². The van der Waals surface area contributed by atoms with Gasteiger partial charge >= 0.3 is 0 Å². The van der Waals surface area contributed by atoms with Gasteiger partial charge in [-0.3, -0.25) is 19.2 Å². The van der Waals surface area contributed by atoms with E-state index in [9.17, 15) is 19.2 Å². The van der Waals surface area contributed by atoms with E-state index in [0.717, 1.165) is 51.4 Å². The number of rotatable bonds is 63. The van der Waals surface area contributed by atoms with Gasteiger partial charge < -0.3 is 31.1 Å². The highest BCUT2D eigenvalue weighted by Crippen LogP contribution is 2.15. The molecule has 0 aromatic carbocycles. The minimum Gasteiger partial charge on any atom is -0.356 e. The molecule has 450 valence electrons. The van der Waals surface area contributed by atoms with E-state index >= 15 is 0 Å². The van der Waals surface area contributed by atoms with E-state index in [4.69, 9.17) is 0 Å². The van der Waals surface area contributed by atoms with Crippen LogP contribution in [0.1, 0.15) is 336 Å². The second-order valence-corrected chi connectivity index (χ2v) is 23.2. The van der Waals surface area contributed by atoms with Crippen LogP contribution < -0.4 is 21.3 Å². The standard InChI is InChI=1S/C66H132N6O4/c1-5-9-13-17-21-25-29-33-37-41-45-53-67-63(73)49-57-71(58-50-64(74)68-54-46-42-38-34-30-26-22-18-14-10-6-2)61-62-72(59-51-65(75)69-55-47-43-39-35-31-27-23-19-15-11-7-3)60-52-66(76)70-56-48-44-40-36-32-28-24-20-16-12-8-4/h5-62H2,1-4H3,(H,67,73)(H,68,74)(H,69,75)(H,70,76). The van der Waals surface area contributed by atoms with E-state index in [1.54, 1.807) is 0 Å². The third-order valence-corrected chi connectivity index (χ3v) is 15.8. The van der Waals surface area contributed by atoms with Crippen LogP contribution in [-0.2, 0) is 19.2 Å². The fourth-order valence-corrected chi connectivity index (χ4v) is 10.4. The lowest BCUT2D eigenvalue weighted by atomic mass is 10.1. The Labute approximate surface area is 473 Å². The fraction of sp³-hybridized carbons (Fsp3) is 0.939. The van der Waals surface area contributed by atoms with E-state index in [1.165, 1.54) is 231 Å². The predicted octanol–water partition coefficient (Wildman–Crippen LogP) is 16.9. The highest BCUT2D eigenvalue weighted by atomic mass is 16.2. The summed E-state index contributed by atoms with van der Waals surface area (Å²) in [6.45, 7) is 15.6. The van der Waals surface area contributed by atoms with Gasteiger partial charge in [0.25, 0.3) is 0 Å². The molecule has 0 unspecified atom stereocenters. The first-order chi connectivity index (χ1) is 37.4. The van der Waals surface area contributed by atoms with Gasteiger partial charge in [-0.2, -0.15) is 0 Å². The van der Waals surface area contributed by atoms with Crippen LogP contribution in [0.5, 0.6) is 0 Å². The second-order valence-electron chi connectivity index (χ2n) is 23.2. The Bertz CT molecular complexity index is 1060. The van der Waals surface area contributed by atoms with Crippen LogP contribution in [0.25, 0.3) is 0 Å². The number of hydrogen-bond donors (Lipinski definition) is 4. The van der Waals surface area contributed by atoms with Gasteiger partial charge in [0.05, 0.1) is 0 Å². The summed E-state index contributed by atoms with van der Waals surface area (Å²) in [6.07, 6.45) is 58.1. The van der Waals surface area contributed by atoms with Crippen LogP contribution in [0, 0.1) is 0 Å². The molecule has 0 bridgehead atoms. The average molecular weight is 1070 g/mol. The summed E-state index contributed by atoms with van der Waals surface area (Å²) in [4.78, 5) is 57.0. The molecule has 10 nitrogen and oxygen atoms in total. The van der Waals surface area contributed by atoms with Crippen molar-refractivity contribution in [3.63, 3.8) is 0 Å². The summed E-state index contributed by atoms with van der Waals surface area (Å²) in [7, 11) is 0. The molecule has 4 amide bonds. The fourth-order valence-electron chi connectivity index (χ4n) is 10.4. The Hall–Kier alpha value is -2.20. The molecule has 0 saturated carbocycles. The lowest BCUT2D eigenvalue weighted by molar-refractivity contribution is -0.123. The summed E-state index contributed by atoms with van der Waals surface area (Å²) in [6, 6.07) is 0. The minimum atomic E-state index is 0.0684. The van der Waals surface area contributed by atoms with Crippen LogP contribution in [-0.4, -0.2) is 98.9 Å². The summed E-state index contributed by atoms with van der Waals surface area (Å²) in [5.74, 6) is 0.273. The third kappa shape index (κ3) is 58.0. The van der Waals surface area contributed by atoms with Gasteiger partial charge in [-0.05, 0) is 25.7 Å². The van der Waals surface area contributed by atoms with Crippen molar-refractivity contribution in [2.24, 2.45) is 0 Å². The minimum absolute atomic E-state index is 0.0684. The Morgan fingerprint density at radius 1 is 0.211 bits per heavy atom. The van der Waals surface area contributed by atoms with Crippen LogP contribution in [0.15, 0.2) is 0 Å². The molecule has 0 saturated heterocycles. The van der Waals surface area contributed by atoms with Crippen molar-refractivity contribution in [2.45, 2.75) is 336 Å². The van der Waals surface area contributed by atoms with Gasteiger partial charge in [-0.15, -0.1) is 0 Å². The van der Waals surface area contributed by atoms with Gasteiger partial charge in [0, 0.05) is 91.1 Å². The molecule has 0 fully saturated rings. The highest BCUT2D eigenvalue weighted by Gasteiger charge is 2.16. The monoisotopic (exact) mass is 1070 g/mol. The van der Waals surface area contributed by atoms with Crippen LogP contribution in [0.3, 0.4) is 0 Å². The number of carbonyl (C=O) groups is 4. The van der Waals surface area contributed by atoms with Crippen molar-refractivity contribution in [1.82, 2.24) is 31.1 Å². The Morgan fingerprint density at radius 2 is 0.355 bits per heavy atom. The van der Waals surface area contributed by atoms with E-state index in [-0.39, 0.29) is 23.6 Å². The molecule has 10 heteroatoms. The quantitative estimate of drug-likeness (QED) is 0.0450. The number of hydrogen-bond acceptors (Lipinski definition) is 6. The molecule has 0 radical (unpaired) electrons. The summed E-state index contributed by atoms with van der Waals surface area (Å²) >= 11 is 0. The molecule has 0 aliphatic heterocycles. The van der Waals surface area contributed by atoms with Crippen LogP contribution >= 0.6 is 0 Å². The number of nitrogens with zero attached hydrogens (tertiary/aromatic N) is 2. The van der Waals surface area contributed by atoms with E-state index in [2.05, 4.69) is 58.8 Å². The maximum atomic E-state index is 13.1. The summed E-state index contributed by atoms with van der Waals surface area (Å²) in [5, 5.41) is 12.7. The molecule has 0 aliphatic rings. The first kappa shape index (κ1) is 73.8. The Morgan fingerprint density at radius 3 is 0.513 bits per heavy atom. The molecule has 0 atom stereocenters. The Kier molecular flexibility index (Phi) is 60.2. The van der Waals surface area contributed by atoms with Crippen molar-refractivity contribution in [3.8, 4) is 0 Å². The molecule has 0 spiro atoms. The summed E-state index contributed by atoms with van der Waals surface area (Å²) in [5.41, 5.74) is 0. The van der Waals surface area contributed by atoms with Gasteiger partial charge in [-0.25, -0.2) is 0 Å². The zero-order valence-corrected chi connectivity index (χ0v) is 51.5. The van der Waals surface area contributed by atoms with Crippen molar-refractivity contribution < 1.29 is 19.2 Å². The maximum Gasteiger partial charge on any atom is 0.221 e. The molecule has 76 heavy (non-hydrogen) atoms. The lowest BCUT2D eigenvalue weighted by Gasteiger charge is -2.27. The number of nitrogens with one attached hydrogen (secondary N) is 4. The first-order valence-corrected chi connectivity index (χ1v) is 33.9. The van der Waals surface area contributed by atoms with E-state index in [0.29, 0.717) is 91.1 Å². The second kappa shape index (κ2) is 62.0. The zero-order valence-electron chi connectivity index (χ0n) is 51.5. The highest BCUT2D eigenvalue weighted by molar-refractivity contribution is 5.77. The van der Waals surface area contributed by atoms with Gasteiger partial charge in [0.1, 0.15) is 0 Å². The van der Waals surface area contributed by atoms with Gasteiger partial charge in [0.15, 0.2) is 0 Å². The van der Waals surface area contributed by atoms with Gasteiger partial charge in [0.2, 0.25) is 23.6 Å². The first-order valence-electron chi connectivity index (χ1n) is 33.9. The van der Waals surface area contributed by atoms with Crippen molar-refractivity contribution in [1.29, 1.82) is 0 Å². The van der Waals surface area contributed by atoms with E-state index in [1.807, 2.05) is 0 Å². The van der Waals surface area contributed by atoms with Crippen molar-refractivity contribution in [3.05, 3.63) is 0 Å². The predicted molar refractivity (Wildman–Crippen MR) is 329 cm³/mol. The molecule has 0 heterocycles. The van der Waals surface area contributed by atoms with E-state index < -0.39 is 0 Å². The smallest absolute Gasteiger partial charge is 0.221 e. The number of carbonyl (C=O) groups excluding carboxylic acids is 4.